The molecule has 0 spiro atoms. The SMILES string of the molecule is CC(C)C1CC(Nc2ccc(N3CCCC3)cc2)C1. The van der Waals surface area contributed by atoms with Crippen molar-refractivity contribution in [3.8, 4) is 0 Å². The van der Waals surface area contributed by atoms with E-state index in [1.54, 1.807) is 0 Å². The van der Waals surface area contributed by atoms with Gasteiger partial charge in [0.1, 0.15) is 0 Å². The fourth-order valence-corrected chi connectivity index (χ4v) is 3.30. The minimum absolute atomic E-state index is 0.699. The lowest BCUT2D eigenvalue weighted by Gasteiger charge is -2.39. The van der Waals surface area contributed by atoms with Crippen molar-refractivity contribution >= 4 is 11.4 Å². The Labute approximate surface area is 117 Å². The maximum absolute atomic E-state index is 3.66. The molecule has 2 heteroatoms. The highest BCUT2D eigenvalue weighted by Gasteiger charge is 2.30. The Morgan fingerprint density at radius 1 is 1.05 bits per heavy atom. The summed E-state index contributed by atoms with van der Waals surface area (Å²) in [6.45, 7) is 7.13. The van der Waals surface area contributed by atoms with E-state index >= 15 is 0 Å². The van der Waals surface area contributed by atoms with Crippen molar-refractivity contribution in [2.45, 2.75) is 45.6 Å². The van der Waals surface area contributed by atoms with E-state index in [0.29, 0.717) is 6.04 Å². The van der Waals surface area contributed by atoms with E-state index in [2.05, 4.69) is 48.3 Å². The Morgan fingerprint density at radius 2 is 1.68 bits per heavy atom. The van der Waals surface area contributed by atoms with Gasteiger partial charge in [0.15, 0.2) is 0 Å². The molecule has 1 heterocycles. The zero-order valence-electron chi connectivity index (χ0n) is 12.2. The first-order chi connectivity index (χ1) is 9.22. The normalized spacial score (nSPS) is 26.6. The molecule has 2 aliphatic rings. The maximum Gasteiger partial charge on any atom is 0.0367 e. The fourth-order valence-electron chi connectivity index (χ4n) is 3.30. The van der Waals surface area contributed by atoms with Crippen molar-refractivity contribution in [1.82, 2.24) is 0 Å². The number of nitrogens with one attached hydrogen (secondary N) is 1. The van der Waals surface area contributed by atoms with Gasteiger partial charge in [0, 0.05) is 30.5 Å². The molecule has 0 bridgehead atoms. The van der Waals surface area contributed by atoms with Gasteiger partial charge in [-0.1, -0.05) is 13.8 Å². The highest BCUT2D eigenvalue weighted by Crippen LogP contribution is 2.35. The van der Waals surface area contributed by atoms with Crippen molar-refractivity contribution in [2.24, 2.45) is 11.8 Å². The van der Waals surface area contributed by atoms with Crippen molar-refractivity contribution in [2.75, 3.05) is 23.3 Å². The molecule has 2 nitrogen and oxygen atoms in total. The molecule has 1 aromatic carbocycles. The van der Waals surface area contributed by atoms with Crippen molar-refractivity contribution in [3.63, 3.8) is 0 Å². The lowest BCUT2D eigenvalue weighted by atomic mass is 9.73. The van der Waals surface area contributed by atoms with Gasteiger partial charge in [-0.3, -0.25) is 0 Å². The maximum atomic E-state index is 3.66. The first-order valence-corrected chi connectivity index (χ1v) is 7.84. The molecule has 2 fully saturated rings. The van der Waals surface area contributed by atoms with Gasteiger partial charge >= 0.3 is 0 Å². The Balaban J connectivity index is 1.52. The smallest absolute Gasteiger partial charge is 0.0367 e. The molecule has 1 N–H and O–H groups in total. The lowest BCUT2D eigenvalue weighted by molar-refractivity contribution is 0.212. The lowest BCUT2D eigenvalue weighted by Crippen LogP contribution is -2.37. The zero-order chi connectivity index (χ0) is 13.2. The van der Waals surface area contributed by atoms with E-state index in [1.807, 2.05) is 0 Å². The summed E-state index contributed by atoms with van der Waals surface area (Å²) in [6.07, 6.45) is 5.37. The van der Waals surface area contributed by atoms with Crippen LogP contribution in [0.2, 0.25) is 0 Å². The fraction of sp³-hybridized carbons (Fsp3) is 0.647. The molecule has 0 radical (unpaired) electrons. The van der Waals surface area contributed by atoms with Crippen LogP contribution in [0.4, 0.5) is 11.4 Å². The number of rotatable bonds is 4. The predicted octanol–water partition coefficient (Wildman–Crippen LogP) is 4.13. The van der Waals surface area contributed by atoms with Crippen LogP contribution >= 0.6 is 0 Å². The molecule has 1 aliphatic carbocycles. The van der Waals surface area contributed by atoms with Gasteiger partial charge in [-0.15, -0.1) is 0 Å². The number of hydrogen-bond donors (Lipinski definition) is 1. The van der Waals surface area contributed by atoms with Crippen LogP contribution in [0.1, 0.15) is 39.5 Å². The molecule has 3 rings (SSSR count). The molecule has 0 amide bonds. The molecule has 1 aromatic rings. The Kier molecular flexibility index (Phi) is 3.67. The van der Waals surface area contributed by atoms with E-state index in [1.165, 1.54) is 50.1 Å². The monoisotopic (exact) mass is 258 g/mol. The second-order valence-electron chi connectivity index (χ2n) is 6.56. The molecular weight excluding hydrogens is 232 g/mol. The van der Waals surface area contributed by atoms with Crippen LogP contribution in [0.5, 0.6) is 0 Å². The largest absolute Gasteiger partial charge is 0.382 e. The average Bonchev–Trinajstić information content (AvgIpc) is 2.87. The third kappa shape index (κ3) is 2.88. The molecule has 0 aromatic heterocycles. The van der Waals surface area contributed by atoms with Crippen LogP contribution in [-0.2, 0) is 0 Å². The van der Waals surface area contributed by atoms with Crippen molar-refractivity contribution in [3.05, 3.63) is 24.3 Å². The number of nitrogens with zero attached hydrogens (tertiary/aromatic N) is 1. The van der Waals surface area contributed by atoms with E-state index in [-0.39, 0.29) is 0 Å². The van der Waals surface area contributed by atoms with Gasteiger partial charge in [0.25, 0.3) is 0 Å². The molecule has 1 saturated heterocycles. The average molecular weight is 258 g/mol. The summed E-state index contributed by atoms with van der Waals surface area (Å²) >= 11 is 0. The molecule has 19 heavy (non-hydrogen) atoms. The minimum Gasteiger partial charge on any atom is -0.382 e. The van der Waals surface area contributed by atoms with Crippen molar-refractivity contribution < 1.29 is 0 Å². The third-order valence-corrected chi connectivity index (χ3v) is 4.83. The zero-order valence-corrected chi connectivity index (χ0v) is 12.2. The summed E-state index contributed by atoms with van der Waals surface area (Å²) in [7, 11) is 0. The second kappa shape index (κ2) is 5.44. The molecule has 104 valence electrons. The van der Waals surface area contributed by atoms with E-state index in [4.69, 9.17) is 0 Å². The first kappa shape index (κ1) is 12.8. The number of benzene rings is 1. The van der Waals surface area contributed by atoms with Gasteiger partial charge in [0.2, 0.25) is 0 Å². The van der Waals surface area contributed by atoms with Crippen LogP contribution in [0, 0.1) is 11.8 Å². The van der Waals surface area contributed by atoms with Crippen molar-refractivity contribution in [1.29, 1.82) is 0 Å². The highest BCUT2D eigenvalue weighted by molar-refractivity contribution is 5.56. The van der Waals surface area contributed by atoms with Gasteiger partial charge in [-0.25, -0.2) is 0 Å². The first-order valence-electron chi connectivity index (χ1n) is 7.84. The summed E-state index contributed by atoms with van der Waals surface area (Å²) < 4.78 is 0. The molecule has 0 atom stereocenters. The summed E-state index contributed by atoms with van der Waals surface area (Å²) in [5.74, 6) is 1.77. The Bertz CT molecular complexity index is 398. The van der Waals surface area contributed by atoms with E-state index in [0.717, 1.165) is 11.8 Å². The topological polar surface area (TPSA) is 15.3 Å². The van der Waals surface area contributed by atoms with Crippen LogP contribution < -0.4 is 10.2 Å². The van der Waals surface area contributed by atoms with E-state index in [9.17, 15) is 0 Å². The summed E-state index contributed by atoms with van der Waals surface area (Å²) in [4.78, 5) is 2.49. The summed E-state index contributed by atoms with van der Waals surface area (Å²) in [5, 5.41) is 3.66. The minimum atomic E-state index is 0.699. The number of anilines is 2. The van der Waals surface area contributed by atoms with Crippen LogP contribution in [0.3, 0.4) is 0 Å². The predicted molar refractivity (Wildman–Crippen MR) is 82.9 cm³/mol. The Morgan fingerprint density at radius 3 is 2.26 bits per heavy atom. The molecule has 1 aliphatic heterocycles. The van der Waals surface area contributed by atoms with Crippen LogP contribution in [0.25, 0.3) is 0 Å². The second-order valence-corrected chi connectivity index (χ2v) is 6.56. The van der Waals surface area contributed by atoms with Crippen LogP contribution in [0.15, 0.2) is 24.3 Å². The quantitative estimate of drug-likeness (QED) is 0.873. The van der Waals surface area contributed by atoms with Crippen LogP contribution in [-0.4, -0.2) is 19.1 Å². The van der Waals surface area contributed by atoms with Gasteiger partial charge in [-0.05, 0) is 61.8 Å². The van der Waals surface area contributed by atoms with Gasteiger partial charge < -0.3 is 10.2 Å². The van der Waals surface area contributed by atoms with Gasteiger partial charge in [0.05, 0.1) is 0 Å². The standard InChI is InChI=1S/C17H26N2/c1-13(2)14-11-16(12-14)18-15-5-7-17(8-6-15)19-9-3-4-10-19/h5-8,13-14,16,18H,3-4,9-12H2,1-2H3. The molecular formula is C17H26N2. The highest BCUT2D eigenvalue weighted by atomic mass is 15.1. The van der Waals surface area contributed by atoms with Gasteiger partial charge in [-0.2, -0.15) is 0 Å². The molecule has 0 unspecified atom stereocenters. The molecule has 1 saturated carbocycles. The number of hydrogen-bond acceptors (Lipinski definition) is 2. The summed E-state index contributed by atoms with van der Waals surface area (Å²) in [5.41, 5.74) is 2.67. The Hall–Kier alpha value is -1.18. The third-order valence-electron chi connectivity index (χ3n) is 4.83. The summed E-state index contributed by atoms with van der Waals surface area (Å²) in [6, 6.07) is 9.73. The van der Waals surface area contributed by atoms with E-state index < -0.39 is 0 Å².